The monoisotopic (exact) mass is 347 g/mol. The number of rotatable bonds is 5. The number of aliphatic hydroxyl groups excluding tert-OH is 1. The van der Waals surface area contributed by atoms with Crippen LogP contribution in [0, 0.1) is 18.7 Å². The van der Waals surface area contributed by atoms with Gasteiger partial charge in [0.25, 0.3) is 0 Å². The van der Waals surface area contributed by atoms with Crippen LogP contribution in [0.3, 0.4) is 0 Å². The van der Waals surface area contributed by atoms with Crippen molar-refractivity contribution >= 4 is 5.91 Å². The number of aryl methyl sites for hydroxylation is 2. The Morgan fingerprint density at radius 2 is 2.20 bits per heavy atom. The maximum Gasteiger partial charge on any atom is 0.224 e. The Balaban J connectivity index is 1.59. The van der Waals surface area contributed by atoms with Crippen LogP contribution in [-0.4, -0.2) is 55.3 Å². The number of likely N-dealkylation sites (tertiary alicyclic amines) is 1. The summed E-state index contributed by atoms with van der Waals surface area (Å²) in [6, 6.07) is 6.57. The summed E-state index contributed by atoms with van der Waals surface area (Å²) in [7, 11) is 0. The van der Waals surface area contributed by atoms with Crippen LogP contribution in [0.4, 0.5) is 4.39 Å². The summed E-state index contributed by atoms with van der Waals surface area (Å²) in [6.07, 6.45) is 0.706. The summed E-state index contributed by atoms with van der Waals surface area (Å²) in [6.45, 7) is 3.16. The third-order valence-corrected chi connectivity index (χ3v) is 4.73. The van der Waals surface area contributed by atoms with Crippen molar-refractivity contribution in [3.63, 3.8) is 0 Å². The molecule has 1 aliphatic heterocycles. The first-order valence-corrected chi connectivity index (χ1v) is 8.46. The van der Waals surface area contributed by atoms with Crippen molar-refractivity contribution in [1.29, 1.82) is 0 Å². The van der Waals surface area contributed by atoms with E-state index in [1.54, 1.807) is 34.7 Å². The fraction of sp³-hybridized carbons (Fsp3) is 0.529. The number of aliphatic hydroxyl groups is 1. The van der Waals surface area contributed by atoms with Crippen LogP contribution in [-0.2, 0) is 17.8 Å². The van der Waals surface area contributed by atoms with Gasteiger partial charge >= 0.3 is 0 Å². The minimum Gasteiger partial charge on any atom is -0.393 e. The summed E-state index contributed by atoms with van der Waals surface area (Å²) in [4.78, 5) is 14.2. The minimum atomic E-state index is -0.523. The smallest absolute Gasteiger partial charge is 0.224 e. The number of piperidine rings is 1. The van der Waals surface area contributed by atoms with Crippen molar-refractivity contribution in [2.45, 2.75) is 38.8 Å². The molecule has 0 saturated carbocycles. The molecule has 1 aromatic heterocycles. The molecule has 1 amide bonds. The van der Waals surface area contributed by atoms with Gasteiger partial charge in [0.05, 0.1) is 12.6 Å². The third kappa shape index (κ3) is 4.19. The molecule has 0 bridgehead atoms. The molecule has 1 fully saturated rings. The lowest BCUT2D eigenvalue weighted by Crippen LogP contribution is -2.47. The van der Waals surface area contributed by atoms with E-state index < -0.39 is 6.10 Å². The van der Waals surface area contributed by atoms with Gasteiger partial charge in [-0.25, -0.2) is 9.07 Å². The lowest BCUT2D eigenvalue weighted by Gasteiger charge is -2.36. The SMILES string of the molecule is Cc1nnnn1CCC(=O)N1CC[C@H](O)[C@H](Cc2ccccc2F)C1. The van der Waals surface area contributed by atoms with Crippen molar-refractivity contribution in [2.24, 2.45) is 5.92 Å². The van der Waals surface area contributed by atoms with Gasteiger partial charge in [0.15, 0.2) is 0 Å². The summed E-state index contributed by atoms with van der Waals surface area (Å²) in [5, 5.41) is 21.4. The summed E-state index contributed by atoms with van der Waals surface area (Å²) < 4.78 is 15.5. The number of halogens is 1. The van der Waals surface area contributed by atoms with E-state index in [1.165, 1.54) is 6.07 Å². The Morgan fingerprint density at radius 1 is 1.40 bits per heavy atom. The number of aromatic nitrogens is 4. The zero-order valence-corrected chi connectivity index (χ0v) is 14.2. The average molecular weight is 347 g/mol. The molecule has 0 unspecified atom stereocenters. The van der Waals surface area contributed by atoms with Crippen molar-refractivity contribution in [2.75, 3.05) is 13.1 Å². The molecule has 2 heterocycles. The summed E-state index contributed by atoms with van der Waals surface area (Å²) in [5.74, 6) is 0.233. The molecule has 7 nitrogen and oxygen atoms in total. The second-order valence-electron chi connectivity index (χ2n) is 6.45. The summed E-state index contributed by atoms with van der Waals surface area (Å²) in [5.41, 5.74) is 0.574. The molecule has 2 atom stereocenters. The van der Waals surface area contributed by atoms with Crippen molar-refractivity contribution in [3.05, 3.63) is 41.5 Å². The number of nitrogens with zero attached hydrogens (tertiary/aromatic N) is 5. The van der Waals surface area contributed by atoms with Crippen LogP contribution in [0.15, 0.2) is 24.3 Å². The highest BCUT2D eigenvalue weighted by Gasteiger charge is 2.30. The van der Waals surface area contributed by atoms with Gasteiger partial charge in [-0.05, 0) is 41.8 Å². The number of benzene rings is 1. The van der Waals surface area contributed by atoms with E-state index in [1.807, 2.05) is 0 Å². The van der Waals surface area contributed by atoms with Gasteiger partial charge in [0.2, 0.25) is 5.91 Å². The molecule has 134 valence electrons. The zero-order chi connectivity index (χ0) is 17.8. The van der Waals surface area contributed by atoms with Gasteiger partial charge in [-0.15, -0.1) is 5.10 Å². The molecule has 1 saturated heterocycles. The Kier molecular flexibility index (Phi) is 5.37. The average Bonchev–Trinajstić information content (AvgIpc) is 3.01. The standard InChI is InChI=1S/C17H22FN5O2/c1-12-19-20-21-23(12)9-7-17(25)22-8-6-16(24)14(11-22)10-13-4-2-3-5-15(13)18/h2-5,14,16,24H,6-11H2,1H3/t14-,16+/m1/s1. The van der Waals surface area contributed by atoms with Crippen LogP contribution >= 0.6 is 0 Å². The molecule has 0 aliphatic carbocycles. The molecule has 2 aromatic rings. The van der Waals surface area contributed by atoms with Gasteiger partial charge in [0.1, 0.15) is 11.6 Å². The predicted octanol–water partition coefficient (Wildman–Crippen LogP) is 0.963. The molecule has 1 aliphatic rings. The number of hydrogen-bond donors (Lipinski definition) is 1. The molecule has 0 spiro atoms. The minimum absolute atomic E-state index is 0.000309. The van der Waals surface area contributed by atoms with E-state index in [0.717, 1.165) is 0 Å². The molecule has 1 aromatic carbocycles. The lowest BCUT2D eigenvalue weighted by atomic mass is 9.88. The zero-order valence-electron chi connectivity index (χ0n) is 14.2. The highest BCUT2D eigenvalue weighted by atomic mass is 19.1. The Labute approximate surface area is 145 Å². The first-order chi connectivity index (χ1) is 12.0. The molecular formula is C17H22FN5O2. The maximum atomic E-state index is 13.9. The van der Waals surface area contributed by atoms with E-state index in [4.69, 9.17) is 0 Å². The number of amides is 1. The van der Waals surface area contributed by atoms with E-state index >= 15 is 0 Å². The predicted molar refractivity (Wildman–Crippen MR) is 88.0 cm³/mol. The van der Waals surface area contributed by atoms with Gasteiger partial charge < -0.3 is 10.0 Å². The van der Waals surface area contributed by atoms with Gasteiger partial charge in [-0.1, -0.05) is 18.2 Å². The molecule has 25 heavy (non-hydrogen) atoms. The fourth-order valence-electron chi connectivity index (χ4n) is 3.21. The van der Waals surface area contributed by atoms with Crippen LogP contribution in [0.1, 0.15) is 24.2 Å². The molecular weight excluding hydrogens is 325 g/mol. The molecule has 1 N–H and O–H groups in total. The number of hydrogen-bond acceptors (Lipinski definition) is 5. The van der Waals surface area contributed by atoms with Crippen LogP contribution in [0.5, 0.6) is 0 Å². The van der Waals surface area contributed by atoms with E-state index in [0.29, 0.717) is 50.3 Å². The van der Waals surface area contributed by atoms with Crippen LogP contribution in [0.25, 0.3) is 0 Å². The van der Waals surface area contributed by atoms with E-state index in [2.05, 4.69) is 15.5 Å². The first-order valence-electron chi connectivity index (χ1n) is 8.46. The van der Waals surface area contributed by atoms with Crippen molar-refractivity contribution in [3.8, 4) is 0 Å². The van der Waals surface area contributed by atoms with Gasteiger partial charge in [0, 0.05) is 25.4 Å². The van der Waals surface area contributed by atoms with Crippen LogP contribution in [0.2, 0.25) is 0 Å². The second kappa shape index (κ2) is 7.69. The highest BCUT2D eigenvalue weighted by molar-refractivity contribution is 5.76. The maximum absolute atomic E-state index is 13.9. The van der Waals surface area contributed by atoms with Crippen LogP contribution < -0.4 is 0 Å². The number of tetrazole rings is 1. The fourth-order valence-corrected chi connectivity index (χ4v) is 3.21. The van der Waals surface area contributed by atoms with Gasteiger partial charge in [-0.2, -0.15) is 0 Å². The molecule has 3 rings (SSSR count). The van der Waals surface area contributed by atoms with Crippen molar-refractivity contribution < 1.29 is 14.3 Å². The normalized spacial score (nSPS) is 20.7. The summed E-state index contributed by atoms with van der Waals surface area (Å²) >= 11 is 0. The Morgan fingerprint density at radius 3 is 2.92 bits per heavy atom. The topological polar surface area (TPSA) is 84.1 Å². The van der Waals surface area contributed by atoms with Crippen molar-refractivity contribution in [1.82, 2.24) is 25.1 Å². The Hall–Kier alpha value is -2.35. The van der Waals surface area contributed by atoms with E-state index in [-0.39, 0.29) is 17.6 Å². The van der Waals surface area contributed by atoms with E-state index in [9.17, 15) is 14.3 Å². The second-order valence-corrected chi connectivity index (χ2v) is 6.45. The van der Waals surface area contributed by atoms with Gasteiger partial charge in [-0.3, -0.25) is 4.79 Å². The first kappa shape index (κ1) is 17.5. The Bertz CT molecular complexity index is 735. The quantitative estimate of drug-likeness (QED) is 0.871. The number of carbonyl (C=O) groups excluding carboxylic acids is 1. The largest absolute Gasteiger partial charge is 0.393 e. The number of carbonyl (C=O) groups is 1. The molecule has 8 heteroatoms. The molecule has 0 radical (unpaired) electrons. The lowest BCUT2D eigenvalue weighted by molar-refractivity contribution is -0.135. The highest BCUT2D eigenvalue weighted by Crippen LogP contribution is 2.23. The third-order valence-electron chi connectivity index (χ3n) is 4.73.